The predicted molar refractivity (Wildman–Crippen MR) is 122 cm³/mol. The number of rotatable bonds is 4. The van der Waals surface area contributed by atoms with E-state index in [1.54, 1.807) is 25.2 Å². The number of fused-ring (bicyclic) bond motifs is 2. The molecule has 0 fully saturated rings. The Hall–Kier alpha value is -3.42. The molecule has 2 aromatic heterocycles. The van der Waals surface area contributed by atoms with Crippen LogP contribution in [0.3, 0.4) is 0 Å². The molecule has 2 heterocycles. The number of hydrogen-bond acceptors (Lipinski definition) is 6. The minimum atomic E-state index is -0.487. The summed E-state index contributed by atoms with van der Waals surface area (Å²) in [7, 11) is 4.55. The number of benzene rings is 1. The topological polar surface area (TPSA) is 92.4 Å². The molecule has 0 radical (unpaired) electrons. The monoisotopic (exact) mass is 437 g/mol. The van der Waals surface area contributed by atoms with Gasteiger partial charge in [-0.05, 0) is 36.5 Å². The summed E-state index contributed by atoms with van der Waals surface area (Å²) >= 11 is 0. The Bertz CT molecular complexity index is 1380. The van der Waals surface area contributed by atoms with Gasteiger partial charge in [-0.1, -0.05) is 19.9 Å². The fraction of sp³-hybridized carbons (Fsp3) is 0.417. The van der Waals surface area contributed by atoms with Crippen molar-refractivity contribution in [3.8, 4) is 22.6 Å². The lowest BCUT2D eigenvalue weighted by atomic mass is 9.73. The minimum Gasteiger partial charge on any atom is -0.493 e. The molecule has 1 aromatic carbocycles. The average molecular weight is 437 g/mol. The number of carbonyl (C=O) groups is 1. The van der Waals surface area contributed by atoms with Crippen LogP contribution in [0, 0.1) is 5.41 Å². The predicted octanol–water partition coefficient (Wildman–Crippen LogP) is 2.86. The van der Waals surface area contributed by atoms with Gasteiger partial charge in [-0.2, -0.15) is 0 Å². The molecule has 0 unspecified atom stereocenters. The Morgan fingerprint density at radius 2 is 1.75 bits per heavy atom. The second kappa shape index (κ2) is 7.62. The highest BCUT2D eigenvalue weighted by Crippen LogP contribution is 2.42. The van der Waals surface area contributed by atoms with Gasteiger partial charge < -0.3 is 9.47 Å². The first-order valence-electron chi connectivity index (χ1n) is 10.6. The lowest BCUT2D eigenvalue weighted by Crippen LogP contribution is -2.38. The van der Waals surface area contributed by atoms with E-state index in [0.29, 0.717) is 53.3 Å². The van der Waals surface area contributed by atoms with Crippen LogP contribution in [0.4, 0.5) is 0 Å². The number of ether oxygens (including phenoxy) is 2. The van der Waals surface area contributed by atoms with Crippen LogP contribution in [0.2, 0.25) is 0 Å². The number of methoxy groups -OCH3 is 1. The van der Waals surface area contributed by atoms with Crippen molar-refractivity contribution in [3.05, 3.63) is 50.3 Å². The number of nitrogens with zero attached hydrogens (tertiary/aromatic N) is 3. The zero-order valence-corrected chi connectivity index (χ0v) is 19.2. The van der Waals surface area contributed by atoms with Crippen LogP contribution in [-0.2, 0) is 20.5 Å². The molecule has 4 rings (SSSR count). The number of ketones is 1. The molecular weight excluding hydrogens is 410 g/mol. The first-order valence-corrected chi connectivity index (χ1v) is 10.6. The molecule has 3 aromatic rings. The highest BCUT2D eigenvalue weighted by molar-refractivity contribution is 6.11. The molecule has 0 saturated carbocycles. The lowest BCUT2D eigenvalue weighted by molar-refractivity contribution is 0.0911. The van der Waals surface area contributed by atoms with E-state index in [4.69, 9.17) is 9.47 Å². The van der Waals surface area contributed by atoms with E-state index in [9.17, 15) is 14.4 Å². The third-order valence-electron chi connectivity index (χ3n) is 5.98. The fourth-order valence-electron chi connectivity index (χ4n) is 4.49. The van der Waals surface area contributed by atoms with E-state index < -0.39 is 11.2 Å². The van der Waals surface area contributed by atoms with Gasteiger partial charge in [0.2, 0.25) is 0 Å². The molecular formula is C24H27N3O5. The summed E-state index contributed by atoms with van der Waals surface area (Å²) in [6.45, 7) is 6.38. The summed E-state index contributed by atoms with van der Waals surface area (Å²) < 4.78 is 13.5. The quantitative estimate of drug-likeness (QED) is 0.623. The van der Waals surface area contributed by atoms with Crippen LogP contribution in [0.5, 0.6) is 11.5 Å². The molecule has 0 amide bonds. The van der Waals surface area contributed by atoms with Gasteiger partial charge in [0.1, 0.15) is 5.65 Å². The molecule has 8 heteroatoms. The Morgan fingerprint density at radius 3 is 2.41 bits per heavy atom. The molecule has 0 bridgehead atoms. The highest BCUT2D eigenvalue weighted by Gasteiger charge is 2.36. The molecule has 8 nitrogen and oxygen atoms in total. The van der Waals surface area contributed by atoms with E-state index in [1.165, 1.54) is 18.7 Å². The molecule has 0 aliphatic heterocycles. The molecule has 168 valence electrons. The molecule has 0 atom stereocenters. The normalized spacial score (nSPS) is 15.0. The van der Waals surface area contributed by atoms with Gasteiger partial charge in [0.05, 0.1) is 24.8 Å². The van der Waals surface area contributed by atoms with E-state index in [2.05, 4.69) is 4.98 Å². The van der Waals surface area contributed by atoms with Crippen LogP contribution >= 0.6 is 0 Å². The molecule has 0 N–H and O–H groups in total. The van der Waals surface area contributed by atoms with Gasteiger partial charge in [-0.25, -0.2) is 9.78 Å². The van der Waals surface area contributed by atoms with Gasteiger partial charge in [-0.3, -0.25) is 18.7 Å². The number of aryl methyl sites for hydroxylation is 1. The molecule has 32 heavy (non-hydrogen) atoms. The first kappa shape index (κ1) is 21.8. The third kappa shape index (κ3) is 3.30. The van der Waals surface area contributed by atoms with Crippen LogP contribution in [0.25, 0.3) is 22.2 Å². The van der Waals surface area contributed by atoms with Crippen molar-refractivity contribution < 1.29 is 14.3 Å². The van der Waals surface area contributed by atoms with Crippen molar-refractivity contribution in [2.24, 2.45) is 19.5 Å². The zero-order valence-electron chi connectivity index (χ0n) is 19.2. The lowest BCUT2D eigenvalue weighted by Gasteiger charge is -2.31. The molecule has 1 aliphatic carbocycles. The van der Waals surface area contributed by atoms with Gasteiger partial charge in [-0.15, -0.1) is 0 Å². The van der Waals surface area contributed by atoms with Crippen LogP contribution in [-0.4, -0.2) is 33.6 Å². The summed E-state index contributed by atoms with van der Waals surface area (Å²) in [6, 6.07) is 5.33. The van der Waals surface area contributed by atoms with Crippen molar-refractivity contribution in [2.45, 2.75) is 33.6 Å². The summed E-state index contributed by atoms with van der Waals surface area (Å²) in [4.78, 5) is 43.9. The average Bonchev–Trinajstić information content (AvgIpc) is 2.74. The van der Waals surface area contributed by atoms with Crippen LogP contribution in [0.15, 0.2) is 27.8 Å². The molecule has 1 aliphatic rings. The number of carbonyl (C=O) groups excluding carboxylic acids is 1. The Kier molecular flexibility index (Phi) is 5.19. The van der Waals surface area contributed by atoms with E-state index in [-0.39, 0.29) is 22.2 Å². The summed E-state index contributed by atoms with van der Waals surface area (Å²) in [6.07, 6.45) is 0.912. The maximum Gasteiger partial charge on any atom is 0.332 e. The van der Waals surface area contributed by atoms with Crippen molar-refractivity contribution in [1.29, 1.82) is 0 Å². The Balaban J connectivity index is 2.19. The zero-order chi connectivity index (χ0) is 23.4. The SMILES string of the molecule is CCOc1ccc(-c2c3c(nc4c2c(=O)n(C)c(=O)n4C)CC(C)(C)CC3=O)cc1OC. The maximum absolute atomic E-state index is 13.3. The number of pyridine rings is 1. The van der Waals surface area contributed by atoms with Gasteiger partial charge in [0.25, 0.3) is 5.56 Å². The summed E-state index contributed by atoms with van der Waals surface area (Å²) in [5.41, 5.74) is 1.22. The second-order valence-corrected chi connectivity index (χ2v) is 8.95. The van der Waals surface area contributed by atoms with Crippen molar-refractivity contribution in [3.63, 3.8) is 0 Å². The third-order valence-corrected chi connectivity index (χ3v) is 5.98. The largest absolute Gasteiger partial charge is 0.493 e. The number of Topliss-reactive ketones (excluding diaryl/α,β-unsaturated/α-hetero) is 1. The van der Waals surface area contributed by atoms with Crippen molar-refractivity contribution in [1.82, 2.24) is 14.1 Å². The van der Waals surface area contributed by atoms with Gasteiger partial charge >= 0.3 is 5.69 Å². The molecule has 0 saturated heterocycles. The summed E-state index contributed by atoms with van der Waals surface area (Å²) in [5, 5.41) is 0.243. The van der Waals surface area contributed by atoms with Crippen LogP contribution < -0.4 is 20.7 Å². The van der Waals surface area contributed by atoms with Crippen molar-refractivity contribution >= 4 is 16.8 Å². The molecule has 0 spiro atoms. The summed E-state index contributed by atoms with van der Waals surface area (Å²) in [5.74, 6) is 0.997. The van der Waals surface area contributed by atoms with Gasteiger partial charge in [0, 0.05) is 31.6 Å². The Morgan fingerprint density at radius 1 is 1.03 bits per heavy atom. The highest BCUT2D eigenvalue weighted by atomic mass is 16.5. The number of hydrogen-bond donors (Lipinski definition) is 0. The maximum atomic E-state index is 13.3. The first-order chi connectivity index (χ1) is 15.1. The fourth-order valence-corrected chi connectivity index (χ4v) is 4.49. The van der Waals surface area contributed by atoms with Gasteiger partial charge in [0.15, 0.2) is 17.3 Å². The standard InChI is InChI=1S/C24H27N3O5/c1-7-32-16-9-8-13(10-17(16)31-6)18-19-14(11-24(2,3)12-15(19)28)25-21-20(18)22(29)27(5)23(30)26(21)4/h8-10H,7,11-12H2,1-6H3. The second-order valence-electron chi connectivity index (χ2n) is 8.95. The van der Waals surface area contributed by atoms with E-state index >= 15 is 0 Å². The van der Waals surface area contributed by atoms with Crippen molar-refractivity contribution in [2.75, 3.05) is 13.7 Å². The van der Waals surface area contributed by atoms with E-state index in [1.807, 2.05) is 20.8 Å². The smallest absolute Gasteiger partial charge is 0.332 e. The minimum absolute atomic E-state index is 0.0654. The van der Waals surface area contributed by atoms with Crippen LogP contribution in [0.1, 0.15) is 43.2 Å². The Labute approximate surface area is 185 Å². The van der Waals surface area contributed by atoms with E-state index in [0.717, 1.165) is 4.57 Å². The number of aromatic nitrogens is 3.